The van der Waals surface area contributed by atoms with Crippen molar-refractivity contribution in [1.82, 2.24) is 15.1 Å². The van der Waals surface area contributed by atoms with Crippen LogP contribution in [0.5, 0.6) is 0 Å². The molecule has 2 heterocycles. The van der Waals surface area contributed by atoms with Crippen molar-refractivity contribution in [1.29, 1.82) is 0 Å². The van der Waals surface area contributed by atoms with Gasteiger partial charge in [-0.1, -0.05) is 30.3 Å². The van der Waals surface area contributed by atoms with Gasteiger partial charge in [0.05, 0.1) is 12.2 Å². The first-order valence-corrected chi connectivity index (χ1v) is 8.93. The van der Waals surface area contributed by atoms with E-state index in [-0.39, 0.29) is 5.56 Å². The molecule has 0 aliphatic carbocycles. The maximum absolute atomic E-state index is 12.0. The molecule has 0 radical (unpaired) electrons. The van der Waals surface area contributed by atoms with Gasteiger partial charge < -0.3 is 5.32 Å². The summed E-state index contributed by atoms with van der Waals surface area (Å²) in [5.74, 6) is 2.45. The zero-order valence-electron chi connectivity index (χ0n) is 12.6. The van der Waals surface area contributed by atoms with Crippen LogP contribution in [0, 0.1) is 0 Å². The number of hydrogen-bond donors (Lipinski definition) is 1. The third-order valence-corrected chi connectivity index (χ3v) is 5.07. The van der Waals surface area contributed by atoms with Gasteiger partial charge in [-0.05, 0) is 24.7 Å². The first kappa shape index (κ1) is 15.3. The predicted molar refractivity (Wildman–Crippen MR) is 92.3 cm³/mol. The molecule has 0 amide bonds. The molecule has 1 aromatic carbocycles. The fourth-order valence-electron chi connectivity index (χ4n) is 2.65. The number of rotatable bonds is 5. The quantitative estimate of drug-likeness (QED) is 0.920. The topological polar surface area (TPSA) is 46.9 Å². The average molecular weight is 315 g/mol. The van der Waals surface area contributed by atoms with Crippen molar-refractivity contribution < 1.29 is 0 Å². The van der Waals surface area contributed by atoms with E-state index < -0.39 is 0 Å². The number of nitrogens with one attached hydrogen (secondary N) is 1. The number of nitrogens with zero attached hydrogens (tertiary/aromatic N) is 2. The average Bonchev–Trinajstić information content (AvgIpc) is 2.58. The standard InChI is InChI=1S/C17H21N3OS/c21-17-9-8-16(14-5-2-1-3-6-14)19-20(17)11-10-18-15-7-4-12-22-13-15/h1-3,5-6,8-9,15,18H,4,7,10-13H2/t15-/m0/s1. The van der Waals surface area contributed by atoms with E-state index in [1.165, 1.54) is 24.3 Å². The summed E-state index contributed by atoms with van der Waals surface area (Å²) < 4.78 is 1.56. The SMILES string of the molecule is O=c1ccc(-c2ccccc2)nn1CCN[C@H]1CCCSC1. The summed E-state index contributed by atoms with van der Waals surface area (Å²) in [6, 6.07) is 13.9. The summed E-state index contributed by atoms with van der Waals surface area (Å²) in [5.41, 5.74) is 1.83. The lowest BCUT2D eigenvalue weighted by molar-refractivity contribution is 0.464. The minimum atomic E-state index is -0.0421. The third kappa shape index (κ3) is 3.99. The van der Waals surface area contributed by atoms with Crippen LogP contribution in [0.2, 0.25) is 0 Å². The molecule has 22 heavy (non-hydrogen) atoms. The van der Waals surface area contributed by atoms with Crippen LogP contribution < -0.4 is 10.9 Å². The van der Waals surface area contributed by atoms with E-state index in [1.807, 2.05) is 42.1 Å². The van der Waals surface area contributed by atoms with Crippen molar-refractivity contribution in [2.75, 3.05) is 18.1 Å². The maximum atomic E-state index is 12.0. The second-order valence-electron chi connectivity index (χ2n) is 5.51. The van der Waals surface area contributed by atoms with Crippen LogP contribution in [0.15, 0.2) is 47.3 Å². The Labute approximate surface area is 134 Å². The highest BCUT2D eigenvalue weighted by Crippen LogP contribution is 2.16. The van der Waals surface area contributed by atoms with Crippen LogP contribution in [0.3, 0.4) is 0 Å². The fraction of sp³-hybridized carbons (Fsp3) is 0.412. The Bertz CT molecular complexity index is 650. The Morgan fingerprint density at radius 1 is 1.23 bits per heavy atom. The molecule has 2 aromatic rings. The molecule has 1 aromatic heterocycles. The molecular weight excluding hydrogens is 294 g/mol. The second-order valence-corrected chi connectivity index (χ2v) is 6.66. The molecule has 0 unspecified atom stereocenters. The molecule has 3 rings (SSSR count). The third-order valence-electron chi connectivity index (χ3n) is 3.85. The van der Waals surface area contributed by atoms with Crippen molar-refractivity contribution in [2.24, 2.45) is 0 Å². The molecule has 1 aliphatic heterocycles. The lowest BCUT2D eigenvalue weighted by Crippen LogP contribution is -2.37. The van der Waals surface area contributed by atoms with Crippen molar-refractivity contribution >= 4 is 11.8 Å². The van der Waals surface area contributed by atoms with Crippen molar-refractivity contribution in [3.8, 4) is 11.3 Å². The van der Waals surface area contributed by atoms with E-state index in [4.69, 9.17) is 0 Å². The number of thioether (sulfide) groups is 1. The van der Waals surface area contributed by atoms with Crippen LogP contribution in [0.25, 0.3) is 11.3 Å². The predicted octanol–water partition coefficient (Wildman–Crippen LogP) is 2.40. The van der Waals surface area contributed by atoms with Gasteiger partial charge in [-0.2, -0.15) is 16.9 Å². The molecule has 1 N–H and O–H groups in total. The van der Waals surface area contributed by atoms with Crippen molar-refractivity contribution in [3.63, 3.8) is 0 Å². The van der Waals surface area contributed by atoms with E-state index in [1.54, 1.807) is 16.8 Å². The van der Waals surface area contributed by atoms with Gasteiger partial charge in [0, 0.05) is 30.0 Å². The van der Waals surface area contributed by atoms with E-state index in [0.29, 0.717) is 12.6 Å². The molecule has 1 aliphatic rings. The monoisotopic (exact) mass is 315 g/mol. The Hall–Kier alpha value is -1.59. The molecule has 0 spiro atoms. The van der Waals surface area contributed by atoms with Gasteiger partial charge in [0.25, 0.3) is 5.56 Å². The van der Waals surface area contributed by atoms with Crippen LogP contribution in [-0.4, -0.2) is 33.9 Å². The van der Waals surface area contributed by atoms with Gasteiger partial charge in [0.2, 0.25) is 0 Å². The first-order chi connectivity index (χ1) is 10.8. The molecule has 1 atom stereocenters. The Morgan fingerprint density at radius 3 is 2.86 bits per heavy atom. The molecule has 4 nitrogen and oxygen atoms in total. The number of hydrogen-bond acceptors (Lipinski definition) is 4. The highest BCUT2D eigenvalue weighted by atomic mass is 32.2. The zero-order valence-corrected chi connectivity index (χ0v) is 13.4. The van der Waals surface area contributed by atoms with Crippen molar-refractivity contribution in [2.45, 2.75) is 25.4 Å². The molecule has 1 fully saturated rings. The molecule has 0 bridgehead atoms. The highest BCUT2D eigenvalue weighted by molar-refractivity contribution is 7.99. The molecular formula is C17H21N3OS. The summed E-state index contributed by atoms with van der Waals surface area (Å²) >= 11 is 2.01. The first-order valence-electron chi connectivity index (χ1n) is 7.78. The Balaban J connectivity index is 1.64. The molecule has 1 saturated heterocycles. The Morgan fingerprint density at radius 2 is 2.09 bits per heavy atom. The molecule has 5 heteroatoms. The van der Waals surface area contributed by atoms with Crippen molar-refractivity contribution in [3.05, 3.63) is 52.8 Å². The smallest absolute Gasteiger partial charge is 0.266 e. The van der Waals surface area contributed by atoms with Gasteiger partial charge in [-0.25, -0.2) is 4.68 Å². The van der Waals surface area contributed by atoms with Crippen LogP contribution in [0.4, 0.5) is 0 Å². The fourth-order valence-corrected chi connectivity index (χ4v) is 3.75. The second kappa shape index (κ2) is 7.61. The van der Waals surface area contributed by atoms with Gasteiger partial charge in [-0.15, -0.1) is 0 Å². The van der Waals surface area contributed by atoms with Crippen LogP contribution >= 0.6 is 11.8 Å². The lowest BCUT2D eigenvalue weighted by Gasteiger charge is -2.22. The summed E-state index contributed by atoms with van der Waals surface area (Å²) in [5, 5.41) is 8.02. The van der Waals surface area contributed by atoms with Gasteiger partial charge in [0.1, 0.15) is 0 Å². The van der Waals surface area contributed by atoms with E-state index in [2.05, 4.69) is 10.4 Å². The summed E-state index contributed by atoms with van der Waals surface area (Å²) in [4.78, 5) is 12.0. The van der Waals surface area contributed by atoms with E-state index >= 15 is 0 Å². The zero-order chi connectivity index (χ0) is 15.2. The molecule has 116 valence electrons. The Kier molecular flexibility index (Phi) is 5.29. The summed E-state index contributed by atoms with van der Waals surface area (Å²) in [6.45, 7) is 1.40. The summed E-state index contributed by atoms with van der Waals surface area (Å²) in [7, 11) is 0. The van der Waals surface area contributed by atoms with E-state index in [0.717, 1.165) is 17.8 Å². The van der Waals surface area contributed by atoms with Gasteiger partial charge in [-0.3, -0.25) is 4.79 Å². The number of aromatic nitrogens is 2. The number of benzene rings is 1. The van der Waals surface area contributed by atoms with Crippen LogP contribution in [-0.2, 0) is 6.54 Å². The minimum Gasteiger partial charge on any atom is -0.311 e. The van der Waals surface area contributed by atoms with Gasteiger partial charge >= 0.3 is 0 Å². The van der Waals surface area contributed by atoms with Crippen LogP contribution in [0.1, 0.15) is 12.8 Å². The van der Waals surface area contributed by atoms with E-state index in [9.17, 15) is 4.79 Å². The highest BCUT2D eigenvalue weighted by Gasteiger charge is 2.12. The summed E-state index contributed by atoms with van der Waals surface area (Å²) in [6.07, 6.45) is 2.52. The van der Waals surface area contributed by atoms with Gasteiger partial charge in [0.15, 0.2) is 0 Å². The molecule has 0 saturated carbocycles. The minimum absolute atomic E-state index is 0.0421. The maximum Gasteiger partial charge on any atom is 0.266 e. The normalized spacial score (nSPS) is 18.3. The largest absolute Gasteiger partial charge is 0.311 e. The lowest BCUT2D eigenvalue weighted by atomic mass is 10.1.